The van der Waals surface area contributed by atoms with Crippen LogP contribution in [0.25, 0.3) is 82.5 Å². The summed E-state index contributed by atoms with van der Waals surface area (Å²) in [5, 5.41) is 14.3. The third-order valence-corrected chi connectivity index (χ3v) is 11.5. The lowest BCUT2D eigenvalue weighted by atomic mass is 9.98. The Hall–Kier alpha value is -7.41. The number of para-hydroxylation sites is 2. The van der Waals surface area contributed by atoms with Gasteiger partial charge in [-0.2, -0.15) is 0 Å². The predicted molar refractivity (Wildman–Crippen MR) is 232 cm³/mol. The molecular weight excluding hydrogens is 701 g/mol. The highest BCUT2D eigenvalue weighted by Crippen LogP contribution is 2.40. The van der Waals surface area contributed by atoms with Crippen LogP contribution in [0.1, 0.15) is 29.0 Å². The molecule has 0 saturated heterocycles. The van der Waals surface area contributed by atoms with Crippen LogP contribution in [0, 0.1) is 0 Å². The molecule has 0 spiro atoms. The molecule has 57 heavy (non-hydrogen) atoms. The number of hydrogen-bond donors (Lipinski definition) is 2. The van der Waals surface area contributed by atoms with E-state index in [0.717, 1.165) is 83.2 Å². The number of hydrogen-bond acceptors (Lipinski definition) is 5. The molecule has 1 aliphatic heterocycles. The molecule has 4 heterocycles. The molecule has 3 aromatic heterocycles. The van der Waals surface area contributed by atoms with E-state index in [1.165, 1.54) is 21.8 Å². The smallest absolute Gasteiger partial charge is 0.137 e. The molecule has 11 aromatic rings. The van der Waals surface area contributed by atoms with Crippen LogP contribution in [0.3, 0.4) is 0 Å². The van der Waals surface area contributed by atoms with E-state index >= 15 is 0 Å². The lowest BCUT2D eigenvalue weighted by Gasteiger charge is -2.32. The molecule has 0 saturated carbocycles. The highest BCUT2D eigenvalue weighted by molar-refractivity contribution is 6.12. The second kappa shape index (κ2) is 12.6. The quantitative estimate of drug-likeness (QED) is 0.185. The normalized spacial score (nSPS) is 15.9. The highest BCUT2D eigenvalue weighted by Gasteiger charge is 2.28. The monoisotopic (exact) mass is 734 g/mol. The Morgan fingerprint density at radius 1 is 0.456 bits per heavy atom. The maximum Gasteiger partial charge on any atom is 0.137 e. The van der Waals surface area contributed by atoms with Crippen LogP contribution in [0.5, 0.6) is 0 Å². The molecule has 0 amide bonds. The molecule has 270 valence electrons. The summed E-state index contributed by atoms with van der Waals surface area (Å²) in [6, 6.07) is 63.8. The summed E-state index contributed by atoms with van der Waals surface area (Å²) in [5.41, 5.74) is 12.2. The molecule has 8 aromatic carbocycles. The van der Waals surface area contributed by atoms with Crippen molar-refractivity contribution < 1.29 is 8.83 Å². The van der Waals surface area contributed by atoms with Gasteiger partial charge in [-0.3, -0.25) is 5.32 Å². The molecule has 6 heteroatoms. The van der Waals surface area contributed by atoms with Gasteiger partial charge in [0, 0.05) is 55.2 Å². The van der Waals surface area contributed by atoms with E-state index < -0.39 is 0 Å². The first kappa shape index (κ1) is 31.9. The Morgan fingerprint density at radius 3 is 1.89 bits per heavy atom. The minimum atomic E-state index is -0.231. The molecule has 0 bridgehead atoms. The van der Waals surface area contributed by atoms with E-state index in [-0.39, 0.29) is 12.3 Å². The van der Waals surface area contributed by atoms with Crippen LogP contribution < -0.4 is 10.6 Å². The average molecular weight is 735 g/mol. The third kappa shape index (κ3) is 5.12. The minimum Gasteiger partial charge on any atom is -0.456 e. The van der Waals surface area contributed by atoms with Crippen LogP contribution in [0.4, 0.5) is 0 Å². The van der Waals surface area contributed by atoms with E-state index in [1.807, 2.05) is 24.3 Å². The SMILES string of the molecule is c1ccc(C2=NC(c3ccccc3)NC(c3cccc4oc5ccc(-c6ccc7c(c6)oc6cc(-n8c9ccccc9c9ccccc98)ccc67)cc5c34)N2)cc1. The average Bonchev–Trinajstić information content (AvgIpc) is 3.95. The van der Waals surface area contributed by atoms with Crippen molar-refractivity contribution in [3.8, 4) is 16.8 Å². The number of amidine groups is 1. The summed E-state index contributed by atoms with van der Waals surface area (Å²) in [6.07, 6.45) is -0.458. The van der Waals surface area contributed by atoms with Gasteiger partial charge < -0.3 is 18.7 Å². The summed E-state index contributed by atoms with van der Waals surface area (Å²) >= 11 is 0. The van der Waals surface area contributed by atoms with E-state index in [4.69, 9.17) is 13.8 Å². The fourth-order valence-electron chi connectivity index (χ4n) is 8.83. The number of nitrogens with one attached hydrogen (secondary N) is 2. The van der Waals surface area contributed by atoms with Crippen molar-refractivity contribution in [2.24, 2.45) is 4.99 Å². The van der Waals surface area contributed by atoms with Gasteiger partial charge in [-0.05, 0) is 71.3 Å². The lowest BCUT2D eigenvalue weighted by Crippen LogP contribution is -2.45. The number of rotatable bonds is 5. The van der Waals surface area contributed by atoms with E-state index in [9.17, 15) is 0 Å². The molecule has 12 rings (SSSR count). The first-order valence-electron chi connectivity index (χ1n) is 19.3. The van der Waals surface area contributed by atoms with E-state index in [2.05, 4.69) is 173 Å². The number of furan rings is 2. The molecule has 6 nitrogen and oxygen atoms in total. The van der Waals surface area contributed by atoms with Gasteiger partial charge in [-0.15, -0.1) is 0 Å². The Labute approximate surface area is 327 Å². The Bertz CT molecular complexity index is 3320. The van der Waals surface area contributed by atoms with Crippen LogP contribution in [-0.4, -0.2) is 10.4 Å². The van der Waals surface area contributed by atoms with Crippen LogP contribution in [0.15, 0.2) is 196 Å². The molecule has 0 aliphatic carbocycles. The Balaban J connectivity index is 0.946. The molecule has 0 radical (unpaired) electrons. The Kier molecular flexibility index (Phi) is 7.03. The van der Waals surface area contributed by atoms with Crippen molar-refractivity contribution in [3.05, 3.63) is 199 Å². The number of aliphatic imine (C=N–C) groups is 1. The van der Waals surface area contributed by atoms with Crippen LogP contribution in [-0.2, 0) is 0 Å². The molecule has 2 unspecified atom stereocenters. The summed E-state index contributed by atoms with van der Waals surface area (Å²) in [5.74, 6) is 0.847. The summed E-state index contributed by atoms with van der Waals surface area (Å²) < 4.78 is 15.5. The fraction of sp³-hybridized carbons (Fsp3) is 0.0392. The maximum atomic E-state index is 6.65. The zero-order valence-corrected chi connectivity index (χ0v) is 30.7. The summed E-state index contributed by atoms with van der Waals surface area (Å²) in [7, 11) is 0. The minimum absolute atomic E-state index is 0.227. The van der Waals surface area contributed by atoms with Crippen molar-refractivity contribution >= 4 is 71.5 Å². The fourth-order valence-corrected chi connectivity index (χ4v) is 8.83. The molecule has 1 aliphatic rings. The first-order valence-corrected chi connectivity index (χ1v) is 19.3. The molecule has 0 fully saturated rings. The second-order valence-electron chi connectivity index (χ2n) is 14.8. The van der Waals surface area contributed by atoms with Crippen LogP contribution >= 0.6 is 0 Å². The predicted octanol–water partition coefficient (Wildman–Crippen LogP) is 12.6. The van der Waals surface area contributed by atoms with E-state index in [1.54, 1.807) is 0 Å². The van der Waals surface area contributed by atoms with Gasteiger partial charge in [-0.25, -0.2) is 4.99 Å². The zero-order valence-electron chi connectivity index (χ0n) is 30.7. The Morgan fingerprint density at radius 2 is 1.11 bits per heavy atom. The molecular formula is C51H34N4O2. The van der Waals surface area contributed by atoms with Gasteiger partial charge in [0.2, 0.25) is 0 Å². The highest BCUT2D eigenvalue weighted by atomic mass is 16.3. The van der Waals surface area contributed by atoms with Gasteiger partial charge in [0.25, 0.3) is 0 Å². The lowest BCUT2D eigenvalue weighted by molar-refractivity contribution is 0.411. The van der Waals surface area contributed by atoms with Gasteiger partial charge >= 0.3 is 0 Å². The molecule has 2 N–H and O–H groups in total. The number of benzene rings is 8. The van der Waals surface area contributed by atoms with Crippen molar-refractivity contribution in [3.63, 3.8) is 0 Å². The number of fused-ring (bicyclic) bond motifs is 9. The standard InChI is InChI=1S/C51H34N4O2/c1-3-12-31(13-4-1)49-52-50(32-14-5-2-6-15-32)54-51(53-49)40-18-11-21-45-48(40)41-28-33(23-27-44(41)56-45)34-22-25-38-39-26-24-35(30-47(39)57-46(38)29-34)55-42-19-9-7-16-36(42)37-17-8-10-20-43(37)55/h1-30,49,51,53H,(H,52,54). The van der Waals surface area contributed by atoms with Crippen molar-refractivity contribution in [1.29, 1.82) is 0 Å². The van der Waals surface area contributed by atoms with Gasteiger partial charge in [0.05, 0.1) is 11.0 Å². The van der Waals surface area contributed by atoms with Gasteiger partial charge in [-0.1, -0.05) is 121 Å². The number of nitrogens with zero attached hydrogens (tertiary/aromatic N) is 2. The van der Waals surface area contributed by atoms with Gasteiger partial charge in [0.15, 0.2) is 0 Å². The maximum absolute atomic E-state index is 6.65. The largest absolute Gasteiger partial charge is 0.456 e. The van der Waals surface area contributed by atoms with Crippen molar-refractivity contribution in [2.45, 2.75) is 12.3 Å². The topological polar surface area (TPSA) is 67.6 Å². The van der Waals surface area contributed by atoms with Gasteiger partial charge in [0.1, 0.15) is 40.5 Å². The summed E-state index contributed by atoms with van der Waals surface area (Å²) in [4.78, 5) is 5.12. The van der Waals surface area contributed by atoms with E-state index in [0.29, 0.717) is 0 Å². The summed E-state index contributed by atoms with van der Waals surface area (Å²) in [6.45, 7) is 0. The second-order valence-corrected chi connectivity index (χ2v) is 14.8. The zero-order chi connectivity index (χ0) is 37.5. The third-order valence-electron chi connectivity index (χ3n) is 11.5. The molecule has 2 atom stereocenters. The van der Waals surface area contributed by atoms with Crippen LogP contribution in [0.2, 0.25) is 0 Å². The van der Waals surface area contributed by atoms with Crippen molar-refractivity contribution in [2.75, 3.05) is 0 Å². The number of aromatic nitrogens is 1. The van der Waals surface area contributed by atoms with Crippen molar-refractivity contribution in [1.82, 2.24) is 15.2 Å². The first-order chi connectivity index (χ1) is 28.2.